The monoisotopic (exact) mass is 216 g/mol. The van der Waals surface area contributed by atoms with E-state index in [0.717, 1.165) is 25.7 Å². The molecule has 0 spiro atoms. The highest BCUT2D eigenvalue weighted by Crippen LogP contribution is 2.20. The molecule has 0 saturated heterocycles. The smallest absolute Gasteiger partial charge is 0.404 e. The third-order valence-corrected chi connectivity index (χ3v) is 2.79. The number of rotatable bonds is 5. The number of carbonyl (C=O) groups is 1. The summed E-state index contributed by atoms with van der Waals surface area (Å²) in [7, 11) is 1.76. The quantitative estimate of drug-likeness (QED) is 0.661. The normalized spacial score (nSPS) is 26.2. The van der Waals surface area contributed by atoms with Crippen LogP contribution in [0.1, 0.15) is 25.7 Å². The molecule has 0 aromatic carbocycles. The molecular formula is C10H20N2O3. The van der Waals surface area contributed by atoms with E-state index < -0.39 is 6.09 Å². The zero-order valence-electron chi connectivity index (χ0n) is 9.20. The lowest BCUT2D eigenvalue weighted by molar-refractivity contribution is 0.0618. The highest BCUT2D eigenvalue weighted by molar-refractivity contribution is 5.64. The molecule has 0 atom stereocenters. The average Bonchev–Trinajstić information content (AvgIpc) is 2.25. The van der Waals surface area contributed by atoms with Gasteiger partial charge in [-0.3, -0.25) is 0 Å². The Hall–Kier alpha value is -0.810. The maximum Gasteiger partial charge on any atom is 0.404 e. The van der Waals surface area contributed by atoms with Gasteiger partial charge in [0.25, 0.3) is 0 Å². The number of nitrogens with one attached hydrogen (secondary N) is 1. The van der Waals surface area contributed by atoms with E-state index in [9.17, 15) is 4.79 Å². The molecule has 1 saturated carbocycles. The van der Waals surface area contributed by atoms with Crippen molar-refractivity contribution in [1.29, 1.82) is 0 Å². The third-order valence-electron chi connectivity index (χ3n) is 2.79. The van der Waals surface area contributed by atoms with Gasteiger partial charge in [0, 0.05) is 19.7 Å². The molecule has 3 N–H and O–H groups in total. The molecule has 0 radical (unpaired) electrons. The molecular weight excluding hydrogens is 196 g/mol. The molecule has 1 aliphatic rings. The van der Waals surface area contributed by atoms with Crippen LogP contribution in [0.5, 0.6) is 0 Å². The number of hydrogen-bond acceptors (Lipinski definition) is 4. The Kier molecular flexibility index (Phi) is 5.42. The molecule has 15 heavy (non-hydrogen) atoms. The largest absolute Gasteiger partial charge is 0.448 e. The Bertz CT molecular complexity index is 191. The summed E-state index contributed by atoms with van der Waals surface area (Å²) in [6.07, 6.45) is 4.16. The fourth-order valence-corrected chi connectivity index (χ4v) is 1.92. The standard InChI is InChI=1S/C10H20N2O3/c1-14-9-4-2-8(3-5-9)12-6-7-15-10(11)13/h8-9,12H,2-7H2,1H3,(H2,11,13). The maximum atomic E-state index is 10.3. The van der Waals surface area contributed by atoms with Crippen LogP contribution in [0.25, 0.3) is 0 Å². The Morgan fingerprint density at radius 1 is 1.40 bits per heavy atom. The molecule has 1 aliphatic carbocycles. The van der Waals surface area contributed by atoms with Gasteiger partial charge in [-0.05, 0) is 25.7 Å². The molecule has 1 fully saturated rings. The number of nitrogens with two attached hydrogens (primary N) is 1. The first kappa shape index (κ1) is 12.3. The van der Waals surface area contributed by atoms with Crippen molar-refractivity contribution >= 4 is 6.09 Å². The van der Waals surface area contributed by atoms with Gasteiger partial charge in [0.2, 0.25) is 0 Å². The minimum atomic E-state index is -0.708. The summed E-state index contributed by atoms with van der Waals surface area (Å²) in [6.45, 7) is 1.02. The summed E-state index contributed by atoms with van der Waals surface area (Å²) in [6, 6.07) is 0.521. The van der Waals surface area contributed by atoms with Crippen molar-refractivity contribution in [2.75, 3.05) is 20.3 Å². The van der Waals surface area contributed by atoms with E-state index in [1.807, 2.05) is 0 Å². The van der Waals surface area contributed by atoms with Crippen LogP contribution in [0, 0.1) is 0 Å². The van der Waals surface area contributed by atoms with Crippen molar-refractivity contribution in [1.82, 2.24) is 5.32 Å². The van der Waals surface area contributed by atoms with E-state index in [0.29, 0.717) is 25.3 Å². The van der Waals surface area contributed by atoms with E-state index >= 15 is 0 Å². The molecule has 5 nitrogen and oxygen atoms in total. The zero-order valence-corrected chi connectivity index (χ0v) is 9.20. The first-order valence-corrected chi connectivity index (χ1v) is 5.40. The van der Waals surface area contributed by atoms with Crippen molar-refractivity contribution in [3.8, 4) is 0 Å². The van der Waals surface area contributed by atoms with Crippen LogP contribution in [0.2, 0.25) is 0 Å². The van der Waals surface area contributed by atoms with Crippen molar-refractivity contribution in [3.63, 3.8) is 0 Å². The number of primary amides is 1. The molecule has 1 amide bonds. The van der Waals surface area contributed by atoms with Crippen molar-refractivity contribution in [2.24, 2.45) is 5.73 Å². The lowest BCUT2D eigenvalue weighted by atomic mass is 9.93. The average molecular weight is 216 g/mol. The lowest BCUT2D eigenvalue weighted by Crippen LogP contribution is -2.37. The van der Waals surface area contributed by atoms with Crippen LogP contribution < -0.4 is 11.1 Å². The Morgan fingerprint density at radius 3 is 2.60 bits per heavy atom. The molecule has 0 bridgehead atoms. The summed E-state index contributed by atoms with van der Waals surface area (Å²) in [5.74, 6) is 0. The van der Waals surface area contributed by atoms with Crippen LogP contribution in [0.15, 0.2) is 0 Å². The highest BCUT2D eigenvalue weighted by atomic mass is 16.5. The molecule has 88 valence electrons. The number of methoxy groups -OCH3 is 1. The van der Waals surface area contributed by atoms with Crippen molar-refractivity contribution < 1.29 is 14.3 Å². The summed E-state index contributed by atoms with van der Waals surface area (Å²) < 4.78 is 9.91. The fraction of sp³-hybridized carbons (Fsp3) is 0.900. The summed E-state index contributed by atoms with van der Waals surface area (Å²) in [5, 5.41) is 3.33. The van der Waals surface area contributed by atoms with Crippen molar-refractivity contribution in [2.45, 2.75) is 37.8 Å². The second kappa shape index (κ2) is 6.63. The first-order chi connectivity index (χ1) is 7.22. The maximum absolute atomic E-state index is 10.3. The SMILES string of the molecule is COC1CCC(NCCOC(N)=O)CC1. The zero-order chi connectivity index (χ0) is 11.1. The predicted octanol–water partition coefficient (Wildman–Crippen LogP) is 0.629. The summed E-state index contributed by atoms with van der Waals surface area (Å²) in [4.78, 5) is 10.3. The van der Waals surface area contributed by atoms with Gasteiger partial charge >= 0.3 is 6.09 Å². The van der Waals surface area contributed by atoms with E-state index in [-0.39, 0.29) is 0 Å². The van der Waals surface area contributed by atoms with Crippen LogP contribution in [-0.2, 0) is 9.47 Å². The van der Waals surface area contributed by atoms with Gasteiger partial charge in [0.05, 0.1) is 6.10 Å². The van der Waals surface area contributed by atoms with Crippen LogP contribution in [0.3, 0.4) is 0 Å². The number of carbonyl (C=O) groups excluding carboxylic acids is 1. The van der Waals surface area contributed by atoms with Gasteiger partial charge in [0.15, 0.2) is 0 Å². The molecule has 0 aromatic heterocycles. The van der Waals surface area contributed by atoms with Gasteiger partial charge in [-0.15, -0.1) is 0 Å². The Balaban J connectivity index is 2.01. The van der Waals surface area contributed by atoms with Gasteiger partial charge in [-0.2, -0.15) is 0 Å². The Labute approximate surface area is 90.3 Å². The van der Waals surface area contributed by atoms with Gasteiger partial charge in [-0.25, -0.2) is 4.79 Å². The number of amides is 1. The molecule has 1 rings (SSSR count). The molecule has 0 aromatic rings. The van der Waals surface area contributed by atoms with Crippen LogP contribution >= 0.6 is 0 Å². The van der Waals surface area contributed by atoms with Crippen molar-refractivity contribution in [3.05, 3.63) is 0 Å². The minimum absolute atomic E-state index is 0.347. The van der Waals surface area contributed by atoms with E-state index in [1.165, 1.54) is 0 Å². The van der Waals surface area contributed by atoms with Crippen LogP contribution in [-0.4, -0.2) is 38.5 Å². The van der Waals surface area contributed by atoms with Gasteiger partial charge in [0.1, 0.15) is 6.61 Å². The summed E-state index contributed by atoms with van der Waals surface area (Å²) >= 11 is 0. The lowest BCUT2D eigenvalue weighted by Gasteiger charge is -2.28. The minimum Gasteiger partial charge on any atom is -0.448 e. The topological polar surface area (TPSA) is 73.6 Å². The highest BCUT2D eigenvalue weighted by Gasteiger charge is 2.19. The number of ether oxygens (including phenoxy) is 2. The second-order valence-electron chi connectivity index (χ2n) is 3.83. The van der Waals surface area contributed by atoms with Gasteiger partial charge < -0.3 is 20.5 Å². The van der Waals surface area contributed by atoms with E-state index in [1.54, 1.807) is 7.11 Å². The first-order valence-electron chi connectivity index (χ1n) is 5.40. The van der Waals surface area contributed by atoms with E-state index in [2.05, 4.69) is 10.1 Å². The van der Waals surface area contributed by atoms with Crippen LogP contribution in [0.4, 0.5) is 4.79 Å². The Morgan fingerprint density at radius 2 is 2.07 bits per heavy atom. The van der Waals surface area contributed by atoms with E-state index in [4.69, 9.17) is 10.5 Å². The second-order valence-corrected chi connectivity index (χ2v) is 3.83. The van der Waals surface area contributed by atoms with Gasteiger partial charge in [-0.1, -0.05) is 0 Å². The molecule has 0 heterocycles. The summed E-state index contributed by atoms with van der Waals surface area (Å²) in [5.41, 5.74) is 4.84. The number of hydrogen-bond donors (Lipinski definition) is 2. The fourth-order valence-electron chi connectivity index (χ4n) is 1.92. The molecule has 0 aliphatic heterocycles. The third kappa shape index (κ3) is 4.99. The molecule has 5 heteroatoms. The predicted molar refractivity (Wildman–Crippen MR) is 56.6 cm³/mol. The molecule has 0 unspecified atom stereocenters.